The topological polar surface area (TPSA) is 0 Å². The van der Waals surface area contributed by atoms with E-state index in [1.807, 2.05) is 0 Å². The van der Waals surface area contributed by atoms with Gasteiger partial charge in [-0.2, -0.15) is 0 Å². The Bertz CT molecular complexity index is 1040. The molecule has 0 amide bonds. The second kappa shape index (κ2) is 11.7. The van der Waals surface area contributed by atoms with Crippen LogP contribution >= 0.6 is 0 Å². The van der Waals surface area contributed by atoms with Gasteiger partial charge in [-0.25, -0.2) is 0 Å². The molecule has 1 aliphatic carbocycles. The molecule has 176 valence electrons. The van der Waals surface area contributed by atoms with Crippen LogP contribution in [0.2, 0.25) is 0 Å². The zero-order valence-corrected chi connectivity index (χ0v) is 22.0. The fourth-order valence-electron chi connectivity index (χ4n) is 5.85. The molecule has 0 saturated carbocycles. The molecule has 0 fully saturated rings. The Labute approximate surface area is 203 Å². The monoisotopic (exact) mass is 440 g/mol. The van der Waals surface area contributed by atoms with Gasteiger partial charge in [-0.15, -0.1) is 0 Å². The van der Waals surface area contributed by atoms with Crippen molar-refractivity contribution in [2.24, 2.45) is 5.92 Å². The van der Waals surface area contributed by atoms with Crippen LogP contribution in [0.15, 0.2) is 54.6 Å². The van der Waals surface area contributed by atoms with Crippen LogP contribution < -0.4 is 0 Å². The Kier molecular flexibility index (Phi) is 8.95. The number of hydrogen-bond donors (Lipinski definition) is 0. The Morgan fingerprint density at radius 3 is 2.27 bits per heavy atom. The van der Waals surface area contributed by atoms with E-state index in [0.717, 1.165) is 18.8 Å². The molecule has 0 atom stereocenters. The largest absolute Gasteiger partial charge is 0.0909 e. The van der Waals surface area contributed by atoms with Gasteiger partial charge in [-0.1, -0.05) is 95.5 Å². The van der Waals surface area contributed by atoms with Crippen LogP contribution in [-0.2, 0) is 19.3 Å². The Balaban J connectivity index is 1.98. The number of fused-ring (bicyclic) bond motifs is 1. The van der Waals surface area contributed by atoms with E-state index in [4.69, 9.17) is 0 Å². The lowest BCUT2D eigenvalue weighted by Crippen LogP contribution is -2.07. The molecule has 0 bridgehead atoms. The second-order valence-corrected chi connectivity index (χ2v) is 9.90. The van der Waals surface area contributed by atoms with Crippen LogP contribution in [-0.4, -0.2) is 0 Å². The summed E-state index contributed by atoms with van der Waals surface area (Å²) in [5.74, 6) is 0.858. The van der Waals surface area contributed by atoms with Crippen LogP contribution in [0.4, 0.5) is 0 Å². The highest BCUT2D eigenvalue weighted by Gasteiger charge is 2.26. The van der Waals surface area contributed by atoms with Gasteiger partial charge in [0.2, 0.25) is 0 Å². The Hall–Kier alpha value is -2.34. The zero-order valence-electron chi connectivity index (χ0n) is 22.0. The molecule has 0 radical (unpaired) electrons. The van der Waals surface area contributed by atoms with Gasteiger partial charge in [0, 0.05) is 0 Å². The summed E-state index contributed by atoms with van der Waals surface area (Å²) in [6, 6.07) is 11.1. The van der Waals surface area contributed by atoms with Gasteiger partial charge in [0.25, 0.3) is 0 Å². The minimum absolute atomic E-state index is 0.858. The van der Waals surface area contributed by atoms with Gasteiger partial charge in [-0.05, 0) is 108 Å². The predicted octanol–water partition coefficient (Wildman–Crippen LogP) is 9.61. The summed E-state index contributed by atoms with van der Waals surface area (Å²) in [6.45, 7) is 18.2. The third-order valence-corrected chi connectivity index (χ3v) is 7.62. The first-order valence-corrected chi connectivity index (χ1v) is 13.2. The van der Waals surface area contributed by atoms with E-state index in [-0.39, 0.29) is 0 Å². The number of aryl methyl sites for hydroxylation is 2. The van der Waals surface area contributed by atoms with E-state index < -0.39 is 0 Å². The summed E-state index contributed by atoms with van der Waals surface area (Å²) < 4.78 is 0. The molecule has 2 aromatic rings. The lowest BCUT2D eigenvalue weighted by Gasteiger charge is -2.20. The SMILES string of the molecule is C=C1/C(=C/C(=C/C)c2ccccc2C)Cc2c1cc(C)c(CC)c2CCC(CCC)CCC. The van der Waals surface area contributed by atoms with Crippen LogP contribution in [0, 0.1) is 19.8 Å². The van der Waals surface area contributed by atoms with Crippen molar-refractivity contribution in [3.63, 3.8) is 0 Å². The number of rotatable bonds is 10. The summed E-state index contributed by atoms with van der Waals surface area (Å²) in [5.41, 5.74) is 14.2. The Morgan fingerprint density at radius 1 is 0.970 bits per heavy atom. The van der Waals surface area contributed by atoms with Crippen molar-refractivity contribution in [3.8, 4) is 0 Å². The lowest BCUT2D eigenvalue weighted by molar-refractivity contribution is 0.410. The number of benzene rings is 2. The highest BCUT2D eigenvalue weighted by atomic mass is 14.3. The molecule has 0 aliphatic heterocycles. The summed E-state index contributed by atoms with van der Waals surface area (Å²) in [5, 5.41) is 0. The summed E-state index contributed by atoms with van der Waals surface area (Å²) in [4.78, 5) is 0. The van der Waals surface area contributed by atoms with Gasteiger partial charge < -0.3 is 0 Å². The molecule has 1 aliphatic rings. The van der Waals surface area contributed by atoms with Crippen molar-refractivity contribution in [1.29, 1.82) is 0 Å². The van der Waals surface area contributed by atoms with Crippen molar-refractivity contribution in [2.75, 3.05) is 0 Å². The minimum Gasteiger partial charge on any atom is -0.0909 e. The zero-order chi connectivity index (χ0) is 24.0. The maximum Gasteiger partial charge on any atom is -0.00106 e. The molecule has 2 aromatic carbocycles. The number of allylic oxidation sites excluding steroid dienone is 5. The summed E-state index contributed by atoms with van der Waals surface area (Å²) in [7, 11) is 0. The lowest BCUT2D eigenvalue weighted by atomic mass is 9.85. The van der Waals surface area contributed by atoms with Crippen LogP contribution in [0.3, 0.4) is 0 Å². The van der Waals surface area contributed by atoms with E-state index in [0.29, 0.717) is 0 Å². The molecule has 0 nitrogen and oxygen atoms in total. The van der Waals surface area contributed by atoms with Crippen LogP contribution in [0.5, 0.6) is 0 Å². The van der Waals surface area contributed by atoms with Crippen molar-refractivity contribution < 1.29 is 0 Å². The van der Waals surface area contributed by atoms with E-state index in [9.17, 15) is 0 Å². The maximum atomic E-state index is 4.58. The van der Waals surface area contributed by atoms with E-state index in [1.165, 1.54) is 77.5 Å². The van der Waals surface area contributed by atoms with Crippen molar-refractivity contribution in [1.82, 2.24) is 0 Å². The second-order valence-electron chi connectivity index (χ2n) is 9.90. The summed E-state index contributed by atoms with van der Waals surface area (Å²) in [6.07, 6.45) is 14.6. The quantitative estimate of drug-likeness (QED) is 0.345. The Morgan fingerprint density at radius 2 is 1.67 bits per heavy atom. The van der Waals surface area contributed by atoms with Crippen molar-refractivity contribution >= 4 is 11.1 Å². The van der Waals surface area contributed by atoms with Gasteiger partial charge in [0.15, 0.2) is 0 Å². The molecule has 0 heterocycles. The maximum absolute atomic E-state index is 4.58. The van der Waals surface area contributed by atoms with Gasteiger partial charge in [-0.3, -0.25) is 0 Å². The molecular weight excluding hydrogens is 396 g/mol. The molecular formula is C33H44. The first kappa shape index (κ1) is 25.3. The molecule has 0 saturated heterocycles. The molecule has 0 heteroatoms. The smallest absolute Gasteiger partial charge is 0.00106 e. The standard InChI is InChI=1S/C33H44/c1-8-14-26(15-9-2)18-19-31-29(11-4)24(6)20-32-25(7)28(22-33(31)32)21-27(10-3)30-17-13-12-16-23(30)5/h10,12-13,16-17,20-21,26H,7-9,11,14-15,18-19,22H2,1-6H3/b27-10-,28-21+. The molecule has 0 spiro atoms. The summed E-state index contributed by atoms with van der Waals surface area (Å²) >= 11 is 0. The van der Waals surface area contributed by atoms with Crippen LogP contribution in [0.25, 0.3) is 11.1 Å². The first-order valence-electron chi connectivity index (χ1n) is 13.2. The molecule has 33 heavy (non-hydrogen) atoms. The third kappa shape index (κ3) is 5.60. The highest BCUT2D eigenvalue weighted by molar-refractivity contribution is 5.90. The average molecular weight is 441 g/mol. The van der Waals surface area contributed by atoms with Crippen LogP contribution in [0.1, 0.15) is 98.7 Å². The van der Waals surface area contributed by atoms with Crippen molar-refractivity contribution in [3.05, 3.63) is 93.6 Å². The van der Waals surface area contributed by atoms with Crippen molar-refractivity contribution in [2.45, 2.75) is 92.9 Å². The van der Waals surface area contributed by atoms with E-state index >= 15 is 0 Å². The van der Waals surface area contributed by atoms with Gasteiger partial charge >= 0.3 is 0 Å². The van der Waals surface area contributed by atoms with E-state index in [1.54, 1.807) is 16.7 Å². The third-order valence-electron chi connectivity index (χ3n) is 7.62. The molecule has 0 aromatic heterocycles. The average Bonchev–Trinajstić information content (AvgIpc) is 3.11. The predicted molar refractivity (Wildman–Crippen MR) is 148 cm³/mol. The van der Waals surface area contributed by atoms with E-state index in [2.05, 4.69) is 90.6 Å². The molecule has 0 N–H and O–H groups in total. The molecule has 3 rings (SSSR count). The minimum atomic E-state index is 0.858. The highest BCUT2D eigenvalue weighted by Crippen LogP contribution is 2.42. The normalized spacial score (nSPS) is 15.1. The fourth-order valence-corrected chi connectivity index (χ4v) is 5.85. The van der Waals surface area contributed by atoms with Gasteiger partial charge in [0.05, 0.1) is 0 Å². The molecule has 0 unspecified atom stereocenters. The number of hydrogen-bond acceptors (Lipinski definition) is 0. The van der Waals surface area contributed by atoms with Gasteiger partial charge in [0.1, 0.15) is 0 Å². The first-order chi connectivity index (χ1) is 15.9. The fraction of sp³-hybridized carbons (Fsp3) is 0.455.